The molecule has 0 amide bonds. The van der Waals surface area contributed by atoms with Crippen molar-refractivity contribution in [2.24, 2.45) is 0 Å². The SMILES string of the molecule is O=c1nc2sccn2c2ncncc12. The summed E-state index contributed by atoms with van der Waals surface area (Å²) in [5, 5.41) is 2.31. The topological polar surface area (TPSA) is 60.2 Å². The van der Waals surface area contributed by atoms with Gasteiger partial charge in [-0.15, -0.1) is 11.3 Å². The summed E-state index contributed by atoms with van der Waals surface area (Å²) in [6, 6.07) is 0. The quantitative estimate of drug-likeness (QED) is 0.540. The second kappa shape index (κ2) is 2.58. The van der Waals surface area contributed by atoms with Crippen LogP contribution in [-0.4, -0.2) is 19.4 Å². The maximum Gasteiger partial charge on any atom is 0.285 e. The average molecular weight is 204 g/mol. The van der Waals surface area contributed by atoms with Crippen LogP contribution in [0.4, 0.5) is 0 Å². The van der Waals surface area contributed by atoms with E-state index in [1.807, 2.05) is 11.6 Å². The van der Waals surface area contributed by atoms with Crippen molar-refractivity contribution in [3.63, 3.8) is 0 Å². The van der Waals surface area contributed by atoms with E-state index in [1.54, 1.807) is 4.40 Å². The molecule has 0 aromatic carbocycles. The highest BCUT2D eigenvalue weighted by molar-refractivity contribution is 7.15. The lowest BCUT2D eigenvalue weighted by molar-refractivity contribution is 1.10. The molecule has 14 heavy (non-hydrogen) atoms. The van der Waals surface area contributed by atoms with Gasteiger partial charge in [-0.2, -0.15) is 4.98 Å². The van der Waals surface area contributed by atoms with Crippen LogP contribution in [0.25, 0.3) is 16.0 Å². The number of nitrogens with zero attached hydrogens (tertiary/aromatic N) is 4. The Balaban J connectivity index is 2.74. The molecule has 0 saturated heterocycles. The fourth-order valence-electron chi connectivity index (χ4n) is 1.33. The predicted molar refractivity (Wildman–Crippen MR) is 52.4 cm³/mol. The van der Waals surface area contributed by atoms with Crippen LogP contribution in [0.1, 0.15) is 0 Å². The summed E-state index contributed by atoms with van der Waals surface area (Å²) in [6.07, 6.45) is 4.75. The number of fused-ring (bicyclic) bond motifs is 3. The lowest BCUT2D eigenvalue weighted by atomic mass is 10.4. The van der Waals surface area contributed by atoms with E-state index in [0.29, 0.717) is 16.0 Å². The van der Waals surface area contributed by atoms with Crippen molar-refractivity contribution in [1.82, 2.24) is 19.4 Å². The molecule has 0 N–H and O–H groups in total. The number of thiazole rings is 1. The first kappa shape index (κ1) is 7.57. The van der Waals surface area contributed by atoms with Crippen LogP contribution in [-0.2, 0) is 0 Å². The lowest BCUT2D eigenvalue weighted by Gasteiger charge is -1.96. The number of rotatable bonds is 0. The minimum Gasteiger partial charge on any atom is -0.276 e. The minimum atomic E-state index is -0.275. The third kappa shape index (κ3) is 0.882. The molecule has 0 radical (unpaired) electrons. The van der Waals surface area contributed by atoms with E-state index in [2.05, 4.69) is 15.0 Å². The van der Waals surface area contributed by atoms with Crippen LogP contribution >= 0.6 is 11.3 Å². The molecule has 3 rings (SSSR count). The van der Waals surface area contributed by atoms with Crippen molar-refractivity contribution in [2.75, 3.05) is 0 Å². The normalized spacial score (nSPS) is 11.1. The van der Waals surface area contributed by atoms with Crippen LogP contribution in [0.2, 0.25) is 0 Å². The lowest BCUT2D eigenvalue weighted by Crippen LogP contribution is -2.09. The van der Waals surface area contributed by atoms with Crippen LogP contribution < -0.4 is 5.56 Å². The monoisotopic (exact) mass is 204 g/mol. The summed E-state index contributed by atoms with van der Waals surface area (Å²) in [7, 11) is 0. The number of hydrogen-bond acceptors (Lipinski definition) is 5. The Labute approximate surface area is 81.7 Å². The van der Waals surface area contributed by atoms with Gasteiger partial charge in [0.25, 0.3) is 5.56 Å². The van der Waals surface area contributed by atoms with E-state index in [-0.39, 0.29) is 5.56 Å². The van der Waals surface area contributed by atoms with Crippen molar-refractivity contribution in [1.29, 1.82) is 0 Å². The first-order chi connectivity index (χ1) is 6.86. The summed E-state index contributed by atoms with van der Waals surface area (Å²) in [6.45, 7) is 0. The fraction of sp³-hybridized carbons (Fsp3) is 0. The van der Waals surface area contributed by atoms with Gasteiger partial charge in [0.15, 0.2) is 10.6 Å². The molecule has 0 aliphatic heterocycles. The molecule has 0 spiro atoms. The van der Waals surface area contributed by atoms with Gasteiger partial charge < -0.3 is 0 Å². The fourth-order valence-corrected chi connectivity index (χ4v) is 2.03. The van der Waals surface area contributed by atoms with Gasteiger partial charge >= 0.3 is 0 Å². The first-order valence-electron chi connectivity index (χ1n) is 3.92. The van der Waals surface area contributed by atoms with Gasteiger partial charge in [-0.25, -0.2) is 9.97 Å². The number of aromatic nitrogens is 4. The van der Waals surface area contributed by atoms with E-state index < -0.39 is 0 Å². The molecule has 0 unspecified atom stereocenters. The van der Waals surface area contributed by atoms with Crippen molar-refractivity contribution in [3.05, 3.63) is 34.5 Å². The molecule has 0 saturated carbocycles. The van der Waals surface area contributed by atoms with Crippen LogP contribution in [0.15, 0.2) is 28.9 Å². The molecule has 68 valence electrons. The van der Waals surface area contributed by atoms with E-state index in [9.17, 15) is 4.79 Å². The third-order valence-corrected chi connectivity index (χ3v) is 2.69. The molecule has 3 heterocycles. The zero-order valence-electron chi connectivity index (χ0n) is 6.91. The zero-order chi connectivity index (χ0) is 9.54. The maximum atomic E-state index is 11.5. The zero-order valence-corrected chi connectivity index (χ0v) is 7.73. The second-order valence-corrected chi connectivity index (χ2v) is 3.61. The van der Waals surface area contributed by atoms with Gasteiger partial charge in [-0.1, -0.05) is 0 Å². The summed E-state index contributed by atoms with van der Waals surface area (Å²) in [5.41, 5.74) is 0.333. The standard InChI is InChI=1S/C8H4N4OS/c13-7-5-3-9-4-10-6(5)12-1-2-14-8(12)11-7/h1-4H. The van der Waals surface area contributed by atoms with Crippen molar-refractivity contribution in [3.8, 4) is 0 Å². The highest BCUT2D eigenvalue weighted by Gasteiger charge is 2.05. The molecule has 3 aromatic heterocycles. The summed E-state index contributed by atoms with van der Waals surface area (Å²) in [5.74, 6) is 0. The molecule has 0 bridgehead atoms. The van der Waals surface area contributed by atoms with Gasteiger partial charge in [-0.3, -0.25) is 9.20 Å². The summed E-state index contributed by atoms with van der Waals surface area (Å²) >= 11 is 1.41. The molecule has 5 nitrogen and oxygen atoms in total. The van der Waals surface area contributed by atoms with Gasteiger partial charge in [0.2, 0.25) is 0 Å². The van der Waals surface area contributed by atoms with Crippen molar-refractivity contribution >= 4 is 27.3 Å². The van der Waals surface area contributed by atoms with Gasteiger partial charge in [0.05, 0.1) is 0 Å². The Morgan fingerprint density at radius 1 is 1.43 bits per heavy atom. The molecule has 6 heteroatoms. The molecule has 0 aliphatic rings. The predicted octanol–water partition coefficient (Wildman–Crippen LogP) is 0.699. The molecule has 0 fully saturated rings. The Morgan fingerprint density at radius 2 is 2.36 bits per heavy atom. The minimum absolute atomic E-state index is 0.275. The van der Waals surface area contributed by atoms with Gasteiger partial charge in [-0.05, 0) is 0 Å². The summed E-state index contributed by atoms with van der Waals surface area (Å²) < 4.78 is 1.78. The first-order valence-corrected chi connectivity index (χ1v) is 4.80. The molecule has 0 atom stereocenters. The van der Waals surface area contributed by atoms with Crippen molar-refractivity contribution < 1.29 is 0 Å². The highest BCUT2D eigenvalue weighted by Crippen LogP contribution is 2.11. The van der Waals surface area contributed by atoms with Crippen LogP contribution in [0.3, 0.4) is 0 Å². The third-order valence-electron chi connectivity index (χ3n) is 1.94. The smallest absolute Gasteiger partial charge is 0.276 e. The van der Waals surface area contributed by atoms with Gasteiger partial charge in [0, 0.05) is 17.8 Å². The van der Waals surface area contributed by atoms with Crippen molar-refractivity contribution in [2.45, 2.75) is 0 Å². The second-order valence-electron chi connectivity index (χ2n) is 2.73. The van der Waals surface area contributed by atoms with E-state index in [1.165, 1.54) is 23.9 Å². The molecule has 3 aromatic rings. The van der Waals surface area contributed by atoms with Crippen LogP contribution in [0.5, 0.6) is 0 Å². The Kier molecular flexibility index (Phi) is 1.40. The van der Waals surface area contributed by atoms with E-state index >= 15 is 0 Å². The number of hydrogen-bond donors (Lipinski definition) is 0. The Hall–Kier alpha value is -1.82. The maximum absolute atomic E-state index is 11.5. The van der Waals surface area contributed by atoms with Crippen LogP contribution in [0, 0.1) is 0 Å². The molecule has 0 aliphatic carbocycles. The van der Waals surface area contributed by atoms with Gasteiger partial charge in [0.1, 0.15) is 11.7 Å². The Morgan fingerprint density at radius 3 is 3.29 bits per heavy atom. The Bertz CT molecular complexity index is 671. The summed E-state index contributed by atoms with van der Waals surface area (Å²) in [4.78, 5) is 23.9. The molecular formula is C8H4N4OS. The molecular weight excluding hydrogens is 200 g/mol. The average Bonchev–Trinajstić information content (AvgIpc) is 2.66. The van der Waals surface area contributed by atoms with E-state index in [4.69, 9.17) is 0 Å². The van der Waals surface area contributed by atoms with E-state index in [0.717, 1.165) is 0 Å². The largest absolute Gasteiger partial charge is 0.285 e. The highest BCUT2D eigenvalue weighted by atomic mass is 32.1.